The third kappa shape index (κ3) is 3.72. The molecule has 3 rings (SSSR count). The van der Waals surface area contributed by atoms with Gasteiger partial charge in [-0.2, -0.15) is 5.10 Å². The zero-order valence-electron chi connectivity index (χ0n) is 13.2. The Balaban J connectivity index is 1.70. The molecule has 24 heavy (non-hydrogen) atoms. The summed E-state index contributed by atoms with van der Waals surface area (Å²) in [5.41, 5.74) is 4.82. The number of nitrogens with one attached hydrogen (secondary N) is 1. The Morgan fingerprint density at radius 3 is 2.92 bits per heavy atom. The Kier molecular flexibility index (Phi) is 5.08. The predicted octanol–water partition coefficient (Wildman–Crippen LogP) is 4.32. The van der Waals surface area contributed by atoms with Crippen LogP contribution in [0.15, 0.2) is 60.2 Å². The average molecular weight is 339 g/mol. The Morgan fingerprint density at radius 1 is 1.25 bits per heavy atom. The van der Waals surface area contributed by atoms with Crippen molar-refractivity contribution in [2.45, 2.75) is 0 Å². The topological polar surface area (TPSA) is 55.7 Å². The number of para-hydroxylation sites is 1. The van der Waals surface area contributed by atoms with Crippen molar-refractivity contribution in [3.63, 3.8) is 0 Å². The van der Waals surface area contributed by atoms with Crippen LogP contribution in [-0.4, -0.2) is 24.9 Å². The zero-order chi connectivity index (χ0) is 16.8. The van der Waals surface area contributed by atoms with Crippen LogP contribution in [-0.2, 0) is 0 Å². The van der Waals surface area contributed by atoms with E-state index in [0.29, 0.717) is 18.1 Å². The summed E-state index contributed by atoms with van der Waals surface area (Å²) in [6.07, 6.45) is 3.41. The van der Waals surface area contributed by atoms with Crippen LogP contribution in [0, 0.1) is 0 Å². The van der Waals surface area contributed by atoms with Gasteiger partial charge in [0.05, 0.1) is 23.5 Å². The first-order chi connectivity index (χ1) is 11.8. The van der Waals surface area contributed by atoms with Gasteiger partial charge in [0.1, 0.15) is 6.61 Å². The summed E-state index contributed by atoms with van der Waals surface area (Å²) in [6.45, 7) is 4.07. The van der Waals surface area contributed by atoms with E-state index < -0.39 is 0 Å². The lowest BCUT2D eigenvalue weighted by Crippen LogP contribution is -1.97. The molecular formula is C18H17N3O2S. The summed E-state index contributed by atoms with van der Waals surface area (Å²) >= 11 is 1.56. The zero-order valence-corrected chi connectivity index (χ0v) is 14.0. The lowest BCUT2D eigenvalue weighted by atomic mass is 10.2. The van der Waals surface area contributed by atoms with Crippen molar-refractivity contribution in [3.8, 4) is 11.5 Å². The second-order valence-electron chi connectivity index (χ2n) is 4.87. The quantitative estimate of drug-likeness (QED) is 0.396. The van der Waals surface area contributed by atoms with Crippen LogP contribution < -0.4 is 14.9 Å². The summed E-state index contributed by atoms with van der Waals surface area (Å²) in [5, 5.41) is 4.99. The number of hydrazone groups is 1. The largest absolute Gasteiger partial charge is 0.493 e. The molecule has 1 N–H and O–H groups in total. The smallest absolute Gasteiger partial charge is 0.204 e. The maximum Gasteiger partial charge on any atom is 0.204 e. The van der Waals surface area contributed by atoms with E-state index in [0.717, 1.165) is 20.9 Å². The molecule has 0 aliphatic carbocycles. The summed E-state index contributed by atoms with van der Waals surface area (Å²) in [5.74, 6) is 1.33. The van der Waals surface area contributed by atoms with Gasteiger partial charge in [0.15, 0.2) is 11.5 Å². The van der Waals surface area contributed by atoms with Gasteiger partial charge in [-0.05, 0) is 35.9 Å². The maximum atomic E-state index is 5.53. The van der Waals surface area contributed by atoms with Gasteiger partial charge < -0.3 is 9.47 Å². The number of aromatic nitrogens is 1. The Bertz CT molecular complexity index is 841. The van der Waals surface area contributed by atoms with Crippen LogP contribution in [0.5, 0.6) is 11.5 Å². The maximum absolute atomic E-state index is 5.53. The molecule has 0 unspecified atom stereocenters. The van der Waals surface area contributed by atoms with Crippen molar-refractivity contribution < 1.29 is 9.47 Å². The minimum Gasteiger partial charge on any atom is -0.493 e. The van der Waals surface area contributed by atoms with Crippen molar-refractivity contribution in [3.05, 3.63) is 60.7 Å². The van der Waals surface area contributed by atoms with Gasteiger partial charge in [0, 0.05) is 0 Å². The van der Waals surface area contributed by atoms with Crippen LogP contribution in [0.1, 0.15) is 5.56 Å². The van der Waals surface area contributed by atoms with Gasteiger partial charge in [-0.25, -0.2) is 4.98 Å². The molecule has 2 aromatic carbocycles. The van der Waals surface area contributed by atoms with E-state index in [2.05, 4.69) is 22.1 Å². The lowest BCUT2D eigenvalue weighted by molar-refractivity contribution is 0.326. The van der Waals surface area contributed by atoms with Crippen molar-refractivity contribution >= 4 is 32.9 Å². The SMILES string of the molecule is C=CCOc1ccc(/C=N/Nc2nc3ccccc3s2)cc1OC. The highest BCUT2D eigenvalue weighted by Crippen LogP contribution is 2.28. The number of rotatable bonds is 7. The molecular weight excluding hydrogens is 322 g/mol. The molecule has 1 aromatic heterocycles. The second kappa shape index (κ2) is 7.61. The molecule has 3 aromatic rings. The molecule has 0 bridgehead atoms. The number of benzene rings is 2. The number of anilines is 1. The van der Waals surface area contributed by atoms with E-state index in [-0.39, 0.29) is 0 Å². The highest BCUT2D eigenvalue weighted by atomic mass is 32.1. The van der Waals surface area contributed by atoms with Crippen molar-refractivity contribution in [2.24, 2.45) is 5.10 Å². The Hall–Kier alpha value is -2.86. The van der Waals surface area contributed by atoms with Crippen molar-refractivity contribution in [2.75, 3.05) is 19.1 Å². The highest BCUT2D eigenvalue weighted by Gasteiger charge is 2.04. The van der Waals surface area contributed by atoms with Gasteiger partial charge in [-0.15, -0.1) is 0 Å². The summed E-state index contributed by atoms with van der Waals surface area (Å²) in [7, 11) is 1.61. The van der Waals surface area contributed by atoms with Crippen LogP contribution in [0.2, 0.25) is 0 Å². The molecule has 0 aliphatic heterocycles. The number of methoxy groups -OCH3 is 1. The minimum absolute atomic E-state index is 0.433. The number of nitrogens with zero attached hydrogens (tertiary/aromatic N) is 2. The van der Waals surface area contributed by atoms with Crippen LogP contribution in [0.4, 0.5) is 5.13 Å². The predicted molar refractivity (Wildman–Crippen MR) is 99.5 cm³/mol. The fourth-order valence-electron chi connectivity index (χ4n) is 2.11. The average Bonchev–Trinajstić information content (AvgIpc) is 3.03. The molecule has 1 heterocycles. The van der Waals surface area contributed by atoms with Gasteiger partial charge in [-0.3, -0.25) is 5.43 Å². The number of hydrogen-bond acceptors (Lipinski definition) is 6. The molecule has 6 heteroatoms. The molecule has 0 saturated carbocycles. The molecule has 0 fully saturated rings. The monoisotopic (exact) mass is 339 g/mol. The fraction of sp³-hybridized carbons (Fsp3) is 0.111. The molecule has 0 aliphatic rings. The molecule has 0 amide bonds. The van der Waals surface area contributed by atoms with Gasteiger partial charge >= 0.3 is 0 Å². The third-order valence-corrected chi connectivity index (χ3v) is 4.15. The molecule has 122 valence electrons. The first-order valence-electron chi connectivity index (χ1n) is 7.36. The number of fused-ring (bicyclic) bond motifs is 1. The van der Waals surface area contributed by atoms with Gasteiger partial charge in [0.25, 0.3) is 0 Å². The van der Waals surface area contributed by atoms with Crippen molar-refractivity contribution in [1.29, 1.82) is 0 Å². The Labute approximate surface area is 144 Å². The van der Waals surface area contributed by atoms with Gasteiger partial charge in [0.2, 0.25) is 5.13 Å². The van der Waals surface area contributed by atoms with Crippen LogP contribution in [0.25, 0.3) is 10.2 Å². The van der Waals surface area contributed by atoms with E-state index in [1.54, 1.807) is 30.7 Å². The first-order valence-corrected chi connectivity index (χ1v) is 8.18. The van der Waals surface area contributed by atoms with Crippen molar-refractivity contribution in [1.82, 2.24) is 4.98 Å². The molecule has 0 spiro atoms. The lowest BCUT2D eigenvalue weighted by Gasteiger charge is -2.09. The van der Waals surface area contributed by atoms with Crippen LogP contribution >= 0.6 is 11.3 Å². The van der Waals surface area contributed by atoms with E-state index in [4.69, 9.17) is 9.47 Å². The van der Waals surface area contributed by atoms with E-state index in [9.17, 15) is 0 Å². The van der Waals surface area contributed by atoms with Crippen LogP contribution in [0.3, 0.4) is 0 Å². The van der Waals surface area contributed by atoms with E-state index >= 15 is 0 Å². The molecule has 0 radical (unpaired) electrons. The van der Waals surface area contributed by atoms with E-state index in [1.165, 1.54) is 0 Å². The summed E-state index contributed by atoms with van der Waals surface area (Å²) < 4.78 is 12.0. The van der Waals surface area contributed by atoms with Gasteiger partial charge in [-0.1, -0.05) is 36.1 Å². The molecule has 0 atom stereocenters. The molecule has 0 saturated heterocycles. The summed E-state index contributed by atoms with van der Waals surface area (Å²) in [4.78, 5) is 4.47. The fourth-order valence-corrected chi connectivity index (χ4v) is 2.93. The summed E-state index contributed by atoms with van der Waals surface area (Å²) in [6, 6.07) is 13.6. The van der Waals surface area contributed by atoms with E-state index in [1.807, 2.05) is 42.5 Å². The first kappa shape index (κ1) is 16.0. The third-order valence-electron chi connectivity index (χ3n) is 3.21. The Morgan fingerprint density at radius 2 is 2.12 bits per heavy atom. The normalized spacial score (nSPS) is 10.9. The second-order valence-corrected chi connectivity index (χ2v) is 5.90. The number of hydrogen-bond donors (Lipinski definition) is 1. The number of ether oxygens (including phenoxy) is 2. The highest BCUT2D eigenvalue weighted by molar-refractivity contribution is 7.22. The standard InChI is InChI=1S/C18H17N3O2S/c1-3-10-23-15-9-8-13(11-16(15)22-2)12-19-21-18-20-14-6-4-5-7-17(14)24-18/h3-9,11-12H,1,10H2,2H3,(H,20,21)/b19-12+. The number of thiazole rings is 1. The minimum atomic E-state index is 0.433. The molecule has 5 nitrogen and oxygen atoms in total.